The lowest BCUT2D eigenvalue weighted by molar-refractivity contribution is 0.614. The number of sulfone groups is 1. The highest BCUT2D eigenvalue weighted by atomic mass is 32.2. The predicted molar refractivity (Wildman–Crippen MR) is 120 cm³/mol. The Bertz CT molecular complexity index is 1280. The van der Waals surface area contributed by atoms with Crippen LogP contribution in [-0.2, 0) is 9.84 Å². The van der Waals surface area contributed by atoms with E-state index in [1.54, 1.807) is 46.2 Å². The number of allylic oxidation sites excluding steroid dienone is 2. The SMILES string of the molecule is O=S1(=O)C=CC=C1c1sccc1-c1sccc1-c1sccc1-c1cccs1. The fraction of sp³-hybridized carbons (Fsp3) is 0. The Hall–Kier alpha value is -1.77. The van der Waals surface area contributed by atoms with E-state index in [9.17, 15) is 8.42 Å². The van der Waals surface area contributed by atoms with E-state index >= 15 is 0 Å². The number of thiophene rings is 4. The highest BCUT2D eigenvalue weighted by Crippen LogP contribution is 2.48. The first kappa shape index (κ1) is 17.3. The molecule has 0 bridgehead atoms. The van der Waals surface area contributed by atoms with Crippen molar-refractivity contribution in [1.82, 2.24) is 0 Å². The van der Waals surface area contributed by atoms with Gasteiger partial charge in [-0.3, -0.25) is 0 Å². The normalized spacial score (nSPS) is 15.3. The molecule has 0 aromatic carbocycles. The third-order valence-corrected chi connectivity index (χ3v) is 9.65. The lowest BCUT2D eigenvalue weighted by Crippen LogP contribution is -1.95. The lowest BCUT2D eigenvalue weighted by Gasteiger charge is -2.07. The average molecular weight is 445 g/mol. The highest BCUT2D eigenvalue weighted by molar-refractivity contribution is 8.03. The molecule has 5 rings (SSSR count). The van der Waals surface area contributed by atoms with Gasteiger partial charge in [0.1, 0.15) is 0 Å². The predicted octanol–water partition coefficient (Wildman–Crippen LogP) is 7.22. The van der Waals surface area contributed by atoms with Gasteiger partial charge in [0.05, 0.1) is 9.78 Å². The molecule has 5 heterocycles. The van der Waals surface area contributed by atoms with Gasteiger partial charge in [-0.1, -0.05) is 6.07 Å². The fourth-order valence-electron chi connectivity index (χ4n) is 3.12. The number of hydrogen-bond donors (Lipinski definition) is 0. The summed E-state index contributed by atoms with van der Waals surface area (Å²) in [7, 11) is -3.33. The Morgan fingerprint density at radius 1 is 0.667 bits per heavy atom. The van der Waals surface area contributed by atoms with E-state index in [1.165, 1.54) is 37.6 Å². The van der Waals surface area contributed by atoms with Crippen molar-refractivity contribution >= 4 is 60.1 Å². The van der Waals surface area contributed by atoms with E-state index in [4.69, 9.17) is 0 Å². The summed E-state index contributed by atoms with van der Waals surface area (Å²) in [6.07, 6.45) is 3.30. The highest BCUT2D eigenvalue weighted by Gasteiger charge is 2.26. The van der Waals surface area contributed by atoms with Gasteiger partial charge < -0.3 is 0 Å². The number of rotatable bonds is 4. The van der Waals surface area contributed by atoms with Crippen LogP contribution >= 0.6 is 45.3 Å². The van der Waals surface area contributed by atoms with E-state index < -0.39 is 9.84 Å². The molecule has 0 amide bonds. The van der Waals surface area contributed by atoms with Crippen molar-refractivity contribution in [2.24, 2.45) is 0 Å². The van der Waals surface area contributed by atoms with Gasteiger partial charge in [-0.15, -0.1) is 45.3 Å². The summed E-state index contributed by atoms with van der Waals surface area (Å²) in [4.78, 5) is 4.82. The maximum atomic E-state index is 12.4. The van der Waals surface area contributed by atoms with Gasteiger partial charge in [0.2, 0.25) is 9.84 Å². The van der Waals surface area contributed by atoms with Crippen molar-refractivity contribution in [3.8, 4) is 31.3 Å². The summed E-state index contributed by atoms with van der Waals surface area (Å²) in [5, 5.41) is 9.54. The third kappa shape index (κ3) is 2.90. The van der Waals surface area contributed by atoms with Crippen LogP contribution in [0, 0.1) is 0 Å². The summed E-state index contributed by atoms with van der Waals surface area (Å²) in [5.41, 5.74) is 3.40. The maximum Gasteiger partial charge on any atom is 0.201 e. The van der Waals surface area contributed by atoms with Gasteiger partial charge in [0, 0.05) is 36.7 Å². The van der Waals surface area contributed by atoms with Crippen LogP contribution in [0.15, 0.2) is 69.4 Å². The van der Waals surface area contributed by atoms with Crippen LogP contribution in [0.1, 0.15) is 4.88 Å². The molecule has 0 N–H and O–H groups in total. The summed E-state index contributed by atoms with van der Waals surface area (Å²) >= 11 is 6.60. The van der Waals surface area contributed by atoms with Gasteiger partial charge in [-0.05, 0) is 57.9 Å². The molecule has 0 saturated carbocycles. The smallest absolute Gasteiger partial charge is 0.201 e. The molecule has 134 valence electrons. The second-order valence-electron chi connectivity index (χ2n) is 5.87. The van der Waals surface area contributed by atoms with Crippen molar-refractivity contribution in [2.75, 3.05) is 0 Å². The first-order valence-electron chi connectivity index (χ1n) is 8.06. The largest absolute Gasteiger partial charge is 0.219 e. The Kier molecular flexibility index (Phi) is 4.29. The van der Waals surface area contributed by atoms with Gasteiger partial charge in [0.15, 0.2) is 0 Å². The summed E-state index contributed by atoms with van der Waals surface area (Å²) < 4.78 is 24.7. The molecule has 1 aliphatic rings. The Balaban J connectivity index is 1.66. The average Bonchev–Trinajstić information content (AvgIpc) is 3.42. The van der Waals surface area contributed by atoms with Gasteiger partial charge >= 0.3 is 0 Å². The molecule has 0 radical (unpaired) electrons. The molecule has 0 aliphatic carbocycles. The lowest BCUT2D eigenvalue weighted by atomic mass is 10.1. The molecule has 0 atom stereocenters. The quantitative estimate of drug-likeness (QED) is 0.333. The van der Waals surface area contributed by atoms with Gasteiger partial charge in [-0.25, -0.2) is 8.42 Å². The van der Waals surface area contributed by atoms with E-state index in [-0.39, 0.29) is 0 Å². The third-order valence-electron chi connectivity index (χ3n) is 4.31. The van der Waals surface area contributed by atoms with E-state index in [1.807, 2.05) is 11.4 Å². The van der Waals surface area contributed by atoms with E-state index in [0.717, 1.165) is 15.3 Å². The van der Waals surface area contributed by atoms with Crippen LogP contribution in [0.4, 0.5) is 0 Å². The molecule has 0 unspecified atom stereocenters. The van der Waals surface area contributed by atoms with Crippen molar-refractivity contribution < 1.29 is 8.42 Å². The van der Waals surface area contributed by atoms with Crippen LogP contribution in [0.2, 0.25) is 0 Å². The van der Waals surface area contributed by atoms with Crippen molar-refractivity contribution in [1.29, 1.82) is 0 Å². The zero-order valence-corrected chi connectivity index (χ0v) is 17.9. The second kappa shape index (κ2) is 6.68. The molecular weight excluding hydrogens is 433 g/mol. The molecule has 7 heteroatoms. The molecular formula is C20H12O2S5. The maximum absolute atomic E-state index is 12.4. The fourth-order valence-corrected chi connectivity index (χ4v) is 8.33. The monoisotopic (exact) mass is 444 g/mol. The second-order valence-corrected chi connectivity index (χ2v) is 11.4. The first-order chi connectivity index (χ1) is 13.1. The minimum atomic E-state index is -3.33. The molecule has 2 nitrogen and oxygen atoms in total. The Morgan fingerprint density at radius 2 is 1.30 bits per heavy atom. The minimum Gasteiger partial charge on any atom is -0.219 e. The topological polar surface area (TPSA) is 34.1 Å². The summed E-state index contributed by atoms with van der Waals surface area (Å²) in [6.45, 7) is 0. The Morgan fingerprint density at radius 3 is 1.93 bits per heavy atom. The molecule has 4 aromatic rings. The van der Waals surface area contributed by atoms with Crippen LogP contribution in [-0.4, -0.2) is 8.42 Å². The molecule has 0 fully saturated rings. The minimum absolute atomic E-state index is 0.400. The van der Waals surface area contributed by atoms with Crippen molar-refractivity contribution in [3.63, 3.8) is 0 Å². The summed E-state index contributed by atoms with van der Waals surface area (Å²) in [6, 6.07) is 10.5. The van der Waals surface area contributed by atoms with Crippen molar-refractivity contribution in [2.45, 2.75) is 0 Å². The van der Waals surface area contributed by atoms with Gasteiger partial charge in [0.25, 0.3) is 0 Å². The van der Waals surface area contributed by atoms with Crippen LogP contribution in [0.25, 0.3) is 36.2 Å². The van der Waals surface area contributed by atoms with Crippen LogP contribution in [0.3, 0.4) is 0 Å². The van der Waals surface area contributed by atoms with E-state index in [0.29, 0.717) is 4.91 Å². The van der Waals surface area contributed by atoms with Crippen molar-refractivity contribution in [3.05, 3.63) is 74.3 Å². The first-order valence-corrected chi connectivity index (χ1v) is 13.1. The molecule has 4 aromatic heterocycles. The van der Waals surface area contributed by atoms with Crippen LogP contribution in [0.5, 0.6) is 0 Å². The van der Waals surface area contributed by atoms with Gasteiger partial charge in [-0.2, -0.15) is 0 Å². The zero-order valence-electron chi connectivity index (χ0n) is 13.8. The standard InChI is InChI=1S/C20H12O2S5/c21-27(22)12-2-4-17(27)20-15(7-11-26-20)19-14(6-10-25-19)18-13(5-9-24-18)16-3-1-8-23-16/h1-12H. The molecule has 27 heavy (non-hydrogen) atoms. The number of hydrogen-bond acceptors (Lipinski definition) is 6. The molecule has 0 saturated heterocycles. The molecule has 0 spiro atoms. The zero-order chi connectivity index (χ0) is 18.4. The summed E-state index contributed by atoms with van der Waals surface area (Å²) in [5.74, 6) is 0. The molecule has 1 aliphatic heterocycles. The van der Waals surface area contributed by atoms with Crippen LogP contribution < -0.4 is 0 Å². The Labute approximate surface area is 173 Å². The van der Waals surface area contributed by atoms with E-state index in [2.05, 4.69) is 40.4 Å².